The molecule has 0 radical (unpaired) electrons. The quantitative estimate of drug-likeness (QED) is 0.626. The fraction of sp³-hybridized carbons (Fsp3) is 0.700. The topological polar surface area (TPSA) is 0 Å². The van der Waals surface area contributed by atoms with Gasteiger partial charge in [-0.05, 0) is 66.4 Å². The highest BCUT2D eigenvalue weighted by Crippen LogP contribution is 2.71. The summed E-state index contributed by atoms with van der Waals surface area (Å²) in [6, 6.07) is 9.53. The van der Waals surface area contributed by atoms with E-state index in [0.717, 1.165) is 22.3 Å². The van der Waals surface area contributed by atoms with Gasteiger partial charge >= 0.3 is 0 Å². The summed E-state index contributed by atoms with van der Waals surface area (Å²) in [5.41, 5.74) is 3.51. The highest BCUT2D eigenvalue weighted by atomic mass is 32.3. The Labute approximate surface area is 132 Å². The minimum Gasteiger partial charge on any atom is -0.237 e. The molecule has 0 saturated heterocycles. The Bertz CT molecular complexity index is 512. The highest BCUT2D eigenvalue weighted by molar-refractivity contribution is 8.33. The second kappa shape index (κ2) is 5.33. The van der Waals surface area contributed by atoms with Crippen molar-refractivity contribution in [1.29, 1.82) is 0 Å². The van der Waals surface area contributed by atoms with E-state index in [0.29, 0.717) is 0 Å². The first-order chi connectivity index (χ1) is 10.2. The molecule has 4 rings (SSSR count). The lowest BCUT2D eigenvalue weighted by molar-refractivity contribution is 0.324. The zero-order valence-corrected chi connectivity index (χ0v) is 14.5. The van der Waals surface area contributed by atoms with Crippen LogP contribution in [0.1, 0.15) is 73.7 Å². The molecule has 0 aromatic heterocycles. The van der Waals surface area contributed by atoms with Crippen LogP contribution in [0, 0.1) is 5.92 Å². The van der Waals surface area contributed by atoms with Crippen LogP contribution in [0.3, 0.4) is 0 Å². The van der Waals surface area contributed by atoms with Gasteiger partial charge in [-0.2, -0.15) is 0 Å². The van der Waals surface area contributed by atoms with Crippen molar-refractivity contribution < 1.29 is 0 Å². The molecule has 0 heterocycles. The minimum atomic E-state index is -0.522. The van der Waals surface area contributed by atoms with E-state index in [1.165, 1.54) is 51.4 Å². The maximum atomic E-state index is 2.68. The van der Waals surface area contributed by atoms with Gasteiger partial charge < -0.3 is 0 Å². The first-order valence-electron chi connectivity index (χ1n) is 8.99. The van der Waals surface area contributed by atoms with E-state index in [1.54, 1.807) is 11.1 Å². The van der Waals surface area contributed by atoms with Crippen molar-refractivity contribution in [2.24, 2.45) is 5.92 Å². The molecule has 1 aromatic carbocycles. The Morgan fingerprint density at radius 2 is 1.43 bits per heavy atom. The monoisotopic (exact) mass is 302 g/mol. The van der Waals surface area contributed by atoms with Crippen molar-refractivity contribution in [3.63, 3.8) is 0 Å². The smallest absolute Gasteiger partial charge is 0.0175 e. The van der Waals surface area contributed by atoms with Crippen LogP contribution < -0.4 is 0 Å². The van der Waals surface area contributed by atoms with Crippen molar-refractivity contribution in [1.82, 2.24) is 0 Å². The first-order valence-corrected chi connectivity index (χ1v) is 11.6. The molecular formula is C20H30S. The summed E-state index contributed by atoms with van der Waals surface area (Å²) in [7, 11) is -0.522. The number of fused-ring (bicyclic) bond motifs is 3. The van der Waals surface area contributed by atoms with Gasteiger partial charge in [0.1, 0.15) is 0 Å². The van der Waals surface area contributed by atoms with Crippen molar-refractivity contribution >= 4 is 10.0 Å². The third-order valence-electron chi connectivity index (χ3n) is 6.73. The first kappa shape index (κ1) is 14.2. The van der Waals surface area contributed by atoms with Crippen LogP contribution in [-0.4, -0.2) is 17.8 Å². The lowest BCUT2D eigenvalue weighted by Crippen LogP contribution is -2.25. The molecule has 0 aliphatic heterocycles. The molecule has 3 aliphatic rings. The molecule has 0 N–H and O–H groups in total. The van der Waals surface area contributed by atoms with Gasteiger partial charge in [0.15, 0.2) is 0 Å². The van der Waals surface area contributed by atoms with Gasteiger partial charge in [0.25, 0.3) is 0 Å². The van der Waals surface area contributed by atoms with Gasteiger partial charge in [-0.3, -0.25) is 0 Å². The number of rotatable bonds is 2. The summed E-state index contributed by atoms with van der Waals surface area (Å²) < 4.78 is 0. The average Bonchev–Trinajstić information content (AvgIpc) is 3.14. The molecule has 3 unspecified atom stereocenters. The molecule has 1 aromatic rings. The third kappa shape index (κ3) is 2.19. The summed E-state index contributed by atoms with van der Waals surface area (Å²) in [5.74, 6) is 1.87. The Morgan fingerprint density at radius 3 is 2.19 bits per heavy atom. The molecule has 116 valence electrons. The minimum absolute atomic E-state index is 0.522. The number of hydrogen-bond acceptors (Lipinski definition) is 0. The molecule has 1 heteroatoms. The Kier molecular flexibility index (Phi) is 3.60. The summed E-state index contributed by atoms with van der Waals surface area (Å²) >= 11 is 0. The van der Waals surface area contributed by atoms with Crippen LogP contribution in [0.25, 0.3) is 0 Å². The third-order valence-corrected chi connectivity index (χ3v) is 10.8. The zero-order valence-electron chi connectivity index (χ0n) is 13.7. The van der Waals surface area contributed by atoms with E-state index in [-0.39, 0.29) is 0 Å². The Balaban J connectivity index is 1.76. The summed E-state index contributed by atoms with van der Waals surface area (Å²) in [6.07, 6.45) is 17.3. The normalized spacial score (nSPS) is 33.7. The average molecular weight is 303 g/mol. The summed E-state index contributed by atoms with van der Waals surface area (Å²) in [5, 5.41) is 1.94. The van der Waals surface area contributed by atoms with Crippen LogP contribution in [0.4, 0.5) is 0 Å². The second-order valence-electron chi connectivity index (χ2n) is 8.00. The SMILES string of the molecule is CS(C)(C1CCCC1)C1c2ccccc2C2CCCCC21. The van der Waals surface area contributed by atoms with E-state index >= 15 is 0 Å². The molecular weight excluding hydrogens is 272 g/mol. The maximum Gasteiger partial charge on any atom is 0.0175 e. The predicted molar refractivity (Wildman–Crippen MR) is 95.6 cm³/mol. The number of hydrogen-bond donors (Lipinski definition) is 0. The lowest BCUT2D eigenvalue weighted by Gasteiger charge is -2.48. The standard InChI is InChI=1S/C20H30S/c1-21(2,15-9-3-4-10-15)20-18-13-7-5-11-16(18)17-12-6-8-14-19(17)20/h5,7,11,13,15,17,19-20H,3-4,6,8-10,12,14H2,1-2H3. The van der Waals surface area contributed by atoms with E-state index < -0.39 is 10.0 Å². The van der Waals surface area contributed by atoms with Crippen LogP contribution >= 0.6 is 10.0 Å². The van der Waals surface area contributed by atoms with E-state index in [9.17, 15) is 0 Å². The molecule has 0 nitrogen and oxygen atoms in total. The molecule has 3 atom stereocenters. The fourth-order valence-corrected chi connectivity index (χ4v) is 9.79. The van der Waals surface area contributed by atoms with Crippen molar-refractivity contribution in [3.8, 4) is 0 Å². The van der Waals surface area contributed by atoms with Crippen LogP contribution in [0.5, 0.6) is 0 Å². The van der Waals surface area contributed by atoms with Gasteiger partial charge in [0.05, 0.1) is 0 Å². The molecule has 0 bridgehead atoms. The van der Waals surface area contributed by atoms with E-state index in [2.05, 4.69) is 36.8 Å². The largest absolute Gasteiger partial charge is 0.237 e. The molecule has 0 amide bonds. The van der Waals surface area contributed by atoms with Crippen LogP contribution in [-0.2, 0) is 0 Å². The van der Waals surface area contributed by atoms with E-state index in [1.807, 2.05) is 0 Å². The van der Waals surface area contributed by atoms with Crippen molar-refractivity contribution in [2.45, 2.75) is 67.8 Å². The van der Waals surface area contributed by atoms with Crippen LogP contribution in [0.2, 0.25) is 0 Å². The fourth-order valence-electron chi connectivity index (χ4n) is 5.73. The molecule has 2 fully saturated rings. The van der Waals surface area contributed by atoms with Gasteiger partial charge in [-0.1, -0.05) is 49.9 Å². The van der Waals surface area contributed by atoms with Gasteiger partial charge in [-0.15, -0.1) is 0 Å². The van der Waals surface area contributed by atoms with E-state index in [4.69, 9.17) is 0 Å². The maximum absolute atomic E-state index is 2.68. The highest BCUT2D eigenvalue weighted by Gasteiger charge is 2.48. The van der Waals surface area contributed by atoms with Gasteiger partial charge in [0.2, 0.25) is 0 Å². The lowest BCUT2D eigenvalue weighted by atomic mass is 9.80. The van der Waals surface area contributed by atoms with Gasteiger partial charge in [-0.25, -0.2) is 10.0 Å². The van der Waals surface area contributed by atoms with Crippen molar-refractivity contribution in [2.75, 3.05) is 12.5 Å². The van der Waals surface area contributed by atoms with Crippen LogP contribution in [0.15, 0.2) is 24.3 Å². The number of benzene rings is 1. The molecule has 3 aliphatic carbocycles. The molecule has 21 heavy (non-hydrogen) atoms. The predicted octanol–water partition coefficient (Wildman–Crippen LogP) is 6.02. The summed E-state index contributed by atoms with van der Waals surface area (Å²) in [6.45, 7) is 0. The molecule has 0 spiro atoms. The Morgan fingerprint density at radius 1 is 0.810 bits per heavy atom. The van der Waals surface area contributed by atoms with Crippen molar-refractivity contribution in [3.05, 3.63) is 35.4 Å². The summed E-state index contributed by atoms with van der Waals surface area (Å²) in [4.78, 5) is 0. The zero-order chi connectivity index (χ0) is 14.4. The second-order valence-corrected chi connectivity index (χ2v) is 12.1. The van der Waals surface area contributed by atoms with Gasteiger partial charge in [0, 0.05) is 5.25 Å². The molecule has 2 saturated carbocycles. The Hall–Kier alpha value is -0.430.